The third-order valence-electron chi connectivity index (χ3n) is 2.26. The number of rotatable bonds is 1. The van der Waals surface area contributed by atoms with Gasteiger partial charge in [-0.2, -0.15) is 0 Å². The highest BCUT2D eigenvalue weighted by molar-refractivity contribution is 7.99. The Bertz CT molecular complexity index is 397. The highest BCUT2D eigenvalue weighted by Gasteiger charge is 2.21. The van der Waals surface area contributed by atoms with Crippen LogP contribution in [0.25, 0.3) is 0 Å². The minimum absolute atomic E-state index is 0.0427. The quantitative estimate of drug-likeness (QED) is 0.816. The van der Waals surface area contributed by atoms with Crippen molar-refractivity contribution in [1.82, 2.24) is 0 Å². The smallest absolute Gasteiger partial charge is 0.240 e. The molecule has 1 amide bonds. The molecule has 1 aliphatic rings. The van der Waals surface area contributed by atoms with E-state index in [1.807, 2.05) is 12.1 Å². The van der Waals surface area contributed by atoms with E-state index >= 15 is 0 Å². The number of carbonyl (C=O) groups is 1. The Morgan fingerprint density at radius 1 is 1.60 bits per heavy atom. The SMILES string of the molecule is NCC(=O)N1CCSc2cc(Cl)ccc21. The molecule has 80 valence electrons. The lowest BCUT2D eigenvalue weighted by molar-refractivity contribution is -0.117. The third kappa shape index (κ3) is 2.12. The molecule has 0 spiro atoms. The summed E-state index contributed by atoms with van der Waals surface area (Å²) in [5.41, 5.74) is 6.29. The Kier molecular flexibility index (Phi) is 3.19. The van der Waals surface area contributed by atoms with E-state index in [0.717, 1.165) is 22.9 Å². The van der Waals surface area contributed by atoms with Gasteiger partial charge in [0, 0.05) is 22.2 Å². The fourth-order valence-corrected chi connectivity index (χ4v) is 2.83. The van der Waals surface area contributed by atoms with Crippen molar-refractivity contribution >= 4 is 35.0 Å². The maximum absolute atomic E-state index is 11.6. The minimum atomic E-state index is -0.0427. The first-order chi connectivity index (χ1) is 7.22. The lowest BCUT2D eigenvalue weighted by Gasteiger charge is -2.28. The molecule has 0 bridgehead atoms. The number of amides is 1. The van der Waals surface area contributed by atoms with Crippen molar-refractivity contribution in [3.05, 3.63) is 23.2 Å². The van der Waals surface area contributed by atoms with E-state index in [4.69, 9.17) is 17.3 Å². The molecule has 0 aliphatic carbocycles. The van der Waals surface area contributed by atoms with Gasteiger partial charge in [-0.05, 0) is 18.2 Å². The number of nitrogens with two attached hydrogens (primary N) is 1. The van der Waals surface area contributed by atoms with Crippen molar-refractivity contribution < 1.29 is 4.79 Å². The van der Waals surface area contributed by atoms with Gasteiger partial charge in [-0.3, -0.25) is 4.79 Å². The normalized spacial score (nSPS) is 14.9. The van der Waals surface area contributed by atoms with Crippen LogP contribution in [-0.4, -0.2) is 24.7 Å². The average Bonchev–Trinajstić information content (AvgIpc) is 2.26. The van der Waals surface area contributed by atoms with Gasteiger partial charge in [-0.15, -0.1) is 11.8 Å². The van der Waals surface area contributed by atoms with Gasteiger partial charge in [0.1, 0.15) is 0 Å². The summed E-state index contributed by atoms with van der Waals surface area (Å²) in [7, 11) is 0. The predicted molar refractivity (Wildman–Crippen MR) is 63.6 cm³/mol. The van der Waals surface area contributed by atoms with E-state index in [1.165, 1.54) is 0 Å². The summed E-state index contributed by atoms with van der Waals surface area (Å²) >= 11 is 7.61. The van der Waals surface area contributed by atoms with Gasteiger partial charge < -0.3 is 10.6 Å². The molecule has 0 unspecified atom stereocenters. The number of benzene rings is 1. The molecule has 0 fully saturated rings. The molecule has 2 N–H and O–H groups in total. The maximum atomic E-state index is 11.6. The highest BCUT2D eigenvalue weighted by atomic mass is 35.5. The Labute approximate surface area is 97.6 Å². The minimum Gasteiger partial charge on any atom is -0.322 e. The van der Waals surface area contributed by atoms with Crippen molar-refractivity contribution in [2.24, 2.45) is 5.73 Å². The largest absolute Gasteiger partial charge is 0.322 e. The summed E-state index contributed by atoms with van der Waals surface area (Å²) in [5, 5.41) is 0.697. The van der Waals surface area contributed by atoms with Crippen LogP contribution in [0, 0.1) is 0 Å². The fraction of sp³-hybridized carbons (Fsp3) is 0.300. The number of nitrogens with zero attached hydrogens (tertiary/aromatic N) is 1. The summed E-state index contributed by atoms with van der Waals surface area (Å²) in [5.74, 6) is 0.845. The average molecular weight is 243 g/mol. The van der Waals surface area contributed by atoms with Crippen molar-refractivity contribution in [3.63, 3.8) is 0 Å². The van der Waals surface area contributed by atoms with Gasteiger partial charge >= 0.3 is 0 Å². The molecule has 1 aromatic rings. The number of anilines is 1. The second-order valence-electron chi connectivity index (χ2n) is 3.21. The molecule has 0 radical (unpaired) electrons. The van der Waals surface area contributed by atoms with Crippen LogP contribution in [0.2, 0.25) is 5.02 Å². The van der Waals surface area contributed by atoms with Crippen LogP contribution in [0.5, 0.6) is 0 Å². The number of hydrogen-bond acceptors (Lipinski definition) is 3. The van der Waals surface area contributed by atoms with Gasteiger partial charge in [-0.25, -0.2) is 0 Å². The molecule has 1 aromatic carbocycles. The zero-order chi connectivity index (χ0) is 10.8. The van der Waals surface area contributed by atoms with Crippen LogP contribution in [-0.2, 0) is 4.79 Å². The maximum Gasteiger partial charge on any atom is 0.240 e. The molecule has 0 aromatic heterocycles. The van der Waals surface area contributed by atoms with Crippen LogP contribution < -0.4 is 10.6 Å². The molecule has 15 heavy (non-hydrogen) atoms. The Balaban J connectivity index is 2.38. The molecule has 0 atom stereocenters. The zero-order valence-electron chi connectivity index (χ0n) is 8.07. The number of fused-ring (bicyclic) bond motifs is 1. The number of carbonyl (C=O) groups excluding carboxylic acids is 1. The molecule has 3 nitrogen and oxygen atoms in total. The van der Waals surface area contributed by atoms with Crippen LogP contribution in [0.4, 0.5) is 5.69 Å². The summed E-state index contributed by atoms with van der Waals surface area (Å²) in [6.45, 7) is 0.766. The summed E-state index contributed by atoms with van der Waals surface area (Å²) in [4.78, 5) is 14.3. The number of thioether (sulfide) groups is 1. The fourth-order valence-electron chi connectivity index (χ4n) is 1.56. The van der Waals surface area contributed by atoms with Gasteiger partial charge in [0.25, 0.3) is 0 Å². The number of hydrogen-bond donors (Lipinski definition) is 1. The summed E-state index contributed by atoms with van der Waals surface area (Å²) in [6, 6.07) is 5.55. The molecule has 2 rings (SSSR count). The molecule has 1 heterocycles. The van der Waals surface area contributed by atoms with E-state index < -0.39 is 0 Å². The molecule has 0 saturated heterocycles. The second kappa shape index (κ2) is 4.43. The van der Waals surface area contributed by atoms with Crippen molar-refractivity contribution in [3.8, 4) is 0 Å². The Hall–Kier alpha value is -0.710. The van der Waals surface area contributed by atoms with E-state index in [1.54, 1.807) is 22.7 Å². The summed E-state index contributed by atoms with van der Waals surface area (Å²) in [6.07, 6.45) is 0. The molecular formula is C10H11ClN2OS. The van der Waals surface area contributed by atoms with Crippen LogP contribution >= 0.6 is 23.4 Å². The van der Waals surface area contributed by atoms with E-state index in [9.17, 15) is 4.79 Å². The first-order valence-corrected chi connectivity index (χ1v) is 6.01. The predicted octanol–water partition coefficient (Wildman–Crippen LogP) is 1.74. The molecule has 5 heteroatoms. The monoisotopic (exact) mass is 242 g/mol. The number of halogens is 1. The first kappa shape index (κ1) is 10.8. The zero-order valence-corrected chi connectivity index (χ0v) is 9.64. The molecule has 0 saturated carbocycles. The lowest BCUT2D eigenvalue weighted by atomic mass is 10.2. The Morgan fingerprint density at radius 2 is 2.40 bits per heavy atom. The van der Waals surface area contributed by atoms with Crippen LogP contribution in [0.3, 0.4) is 0 Å². The summed E-state index contributed by atoms with van der Waals surface area (Å²) < 4.78 is 0. The topological polar surface area (TPSA) is 46.3 Å². The first-order valence-electron chi connectivity index (χ1n) is 4.65. The lowest BCUT2D eigenvalue weighted by Crippen LogP contribution is -2.39. The van der Waals surface area contributed by atoms with Crippen LogP contribution in [0.1, 0.15) is 0 Å². The van der Waals surface area contributed by atoms with Gasteiger partial charge in [0.15, 0.2) is 0 Å². The molecule has 1 aliphatic heterocycles. The third-order valence-corrected chi connectivity index (χ3v) is 3.52. The highest BCUT2D eigenvalue weighted by Crippen LogP contribution is 2.36. The van der Waals surface area contributed by atoms with Gasteiger partial charge in [0.05, 0.1) is 12.2 Å². The van der Waals surface area contributed by atoms with Gasteiger partial charge in [-0.1, -0.05) is 11.6 Å². The van der Waals surface area contributed by atoms with Crippen molar-refractivity contribution in [2.75, 3.05) is 23.7 Å². The van der Waals surface area contributed by atoms with E-state index in [-0.39, 0.29) is 12.5 Å². The van der Waals surface area contributed by atoms with Crippen molar-refractivity contribution in [1.29, 1.82) is 0 Å². The molecular weight excluding hydrogens is 232 g/mol. The van der Waals surface area contributed by atoms with E-state index in [2.05, 4.69) is 0 Å². The van der Waals surface area contributed by atoms with Gasteiger partial charge in [0.2, 0.25) is 5.91 Å². The van der Waals surface area contributed by atoms with E-state index in [0.29, 0.717) is 5.02 Å². The van der Waals surface area contributed by atoms with Crippen LogP contribution in [0.15, 0.2) is 23.1 Å². The second-order valence-corrected chi connectivity index (χ2v) is 4.78. The van der Waals surface area contributed by atoms with Crippen molar-refractivity contribution in [2.45, 2.75) is 4.90 Å². The Morgan fingerprint density at radius 3 is 3.13 bits per heavy atom. The standard InChI is InChI=1S/C10H11ClN2OS/c11-7-1-2-8-9(5-7)15-4-3-13(8)10(14)6-12/h1-2,5H,3-4,6,12H2.